The number of carboxylic acids is 1. The molecule has 0 radical (unpaired) electrons. The minimum absolute atomic E-state index is 0.0400. The molecule has 0 heterocycles. The molecule has 0 aliphatic heterocycles. The highest BCUT2D eigenvalue weighted by molar-refractivity contribution is 5.85. The second kappa shape index (κ2) is 5.52. The van der Waals surface area contributed by atoms with E-state index in [0.29, 0.717) is 12.3 Å². The molecule has 0 bridgehead atoms. The summed E-state index contributed by atoms with van der Waals surface area (Å²) in [7, 11) is 0. The fraction of sp³-hybridized carbons (Fsp3) is 0.846. The average molecular weight is 239 g/mol. The molecule has 0 aromatic heterocycles. The van der Waals surface area contributed by atoms with Crippen molar-refractivity contribution in [3.8, 4) is 0 Å². The van der Waals surface area contributed by atoms with Crippen LogP contribution >= 0.6 is 0 Å². The van der Waals surface area contributed by atoms with Gasteiger partial charge in [0, 0.05) is 6.54 Å². The first kappa shape index (κ1) is 12.4. The quantitative estimate of drug-likeness (QED) is 0.786. The van der Waals surface area contributed by atoms with Crippen molar-refractivity contribution < 1.29 is 14.7 Å². The fourth-order valence-electron chi connectivity index (χ4n) is 3.16. The van der Waals surface area contributed by atoms with E-state index in [1.807, 2.05) is 0 Å². The maximum absolute atomic E-state index is 11.9. The third kappa shape index (κ3) is 2.99. The Morgan fingerprint density at radius 2 is 1.65 bits per heavy atom. The van der Waals surface area contributed by atoms with Gasteiger partial charge in [0.15, 0.2) is 0 Å². The lowest BCUT2D eigenvalue weighted by Gasteiger charge is -2.17. The normalized spacial score (nSPS) is 29.4. The minimum Gasteiger partial charge on any atom is -0.481 e. The SMILES string of the molecule is O=C(O)C1CCCC1C(=O)NCC1CCCC1. The van der Waals surface area contributed by atoms with Gasteiger partial charge in [0.1, 0.15) is 0 Å². The number of nitrogens with one attached hydrogen (secondary N) is 1. The zero-order chi connectivity index (χ0) is 12.3. The predicted molar refractivity (Wildman–Crippen MR) is 63.4 cm³/mol. The van der Waals surface area contributed by atoms with E-state index in [2.05, 4.69) is 5.32 Å². The number of rotatable bonds is 4. The molecule has 2 aliphatic rings. The number of hydrogen-bond acceptors (Lipinski definition) is 2. The van der Waals surface area contributed by atoms with Gasteiger partial charge in [-0.3, -0.25) is 9.59 Å². The van der Waals surface area contributed by atoms with E-state index in [1.54, 1.807) is 0 Å². The topological polar surface area (TPSA) is 66.4 Å². The molecule has 2 aliphatic carbocycles. The highest BCUT2D eigenvalue weighted by Gasteiger charge is 2.37. The van der Waals surface area contributed by atoms with Crippen LogP contribution in [0.1, 0.15) is 44.9 Å². The first-order valence-electron chi connectivity index (χ1n) is 6.69. The van der Waals surface area contributed by atoms with Crippen LogP contribution in [-0.4, -0.2) is 23.5 Å². The molecule has 2 unspecified atom stereocenters. The zero-order valence-corrected chi connectivity index (χ0v) is 10.2. The first-order valence-corrected chi connectivity index (χ1v) is 6.69. The Hall–Kier alpha value is -1.06. The molecular weight excluding hydrogens is 218 g/mol. The number of carbonyl (C=O) groups is 2. The first-order chi connectivity index (χ1) is 8.18. The van der Waals surface area contributed by atoms with Crippen molar-refractivity contribution in [2.75, 3.05) is 6.54 Å². The molecule has 2 N–H and O–H groups in total. The predicted octanol–water partition coefficient (Wildman–Crippen LogP) is 1.79. The summed E-state index contributed by atoms with van der Waals surface area (Å²) in [6, 6.07) is 0. The molecule has 4 nitrogen and oxygen atoms in total. The third-order valence-corrected chi connectivity index (χ3v) is 4.21. The Labute approximate surface area is 102 Å². The average Bonchev–Trinajstić information content (AvgIpc) is 2.96. The van der Waals surface area contributed by atoms with E-state index < -0.39 is 11.9 Å². The second-order valence-corrected chi connectivity index (χ2v) is 5.38. The number of hydrogen-bond donors (Lipinski definition) is 2. The van der Waals surface area contributed by atoms with Crippen LogP contribution in [0.2, 0.25) is 0 Å². The van der Waals surface area contributed by atoms with Gasteiger partial charge < -0.3 is 10.4 Å². The van der Waals surface area contributed by atoms with Crippen LogP contribution in [-0.2, 0) is 9.59 Å². The number of carboxylic acid groups (broad SMARTS) is 1. The van der Waals surface area contributed by atoms with Gasteiger partial charge in [-0.2, -0.15) is 0 Å². The van der Waals surface area contributed by atoms with Crippen LogP contribution in [0.5, 0.6) is 0 Å². The van der Waals surface area contributed by atoms with Crippen LogP contribution in [0.4, 0.5) is 0 Å². The van der Waals surface area contributed by atoms with Gasteiger partial charge in [0.25, 0.3) is 0 Å². The highest BCUT2D eigenvalue weighted by Crippen LogP contribution is 2.32. The van der Waals surface area contributed by atoms with Gasteiger partial charge in [-0.1, -0.05) is 19.3 Å². The molecule has 2 saturated carbocycles. The lowest BCUT2D eigenvalue weighted by atomic mass is 9.95. The fourth-order valence-corrected chi connectivity index (χ4v) is 3.16. The van der Waals surface area contributed by atoms with E-state index in [1.165, 1.54) is 25.7 Å². The van der Waals surface area contributed by atoms with Gasteiger partial charge in [0.2, 0.25) is 5.91 Å². The molecule has 2 fully saturated rings. The number of aliphatic carboxylic acids is 1. The largest absolute Gasteiger partial charge is 0.481 e. The number of amides is 1. The second-order valence-electron chi connectivity index (χ2n) is 5.38. The van der Waals surface area contributed by atoms with Crippen LogP contribution in [0, 0.1) is 17.8 Å². The summed E-state index contributed by atoms with van der Waals surface area (Å²) in [6.07, 6.45) is 7.17. The molecular formula is C13H21NO3. The number of carbonyl (C=O) groups excluding carboxylic acids is 1. The van der Waals surface area contributed by atoms with Crippen LogP contribution in [0.3, 0.4) is 0 Å². The van der Waals surface area contributed by atoms with E-state index in [0.717, 1.165) is 19.4 Å². The molecule has 17 heavy (non-hydrogen) atoms. The Balaban J connectivity index is 1.80. The zero-order valence-electron chi connectivity index (χ0n) is 10.2. The Bertz CT molecular complexity index is 297. The summed E-state index contributed by atoms with van der Waals surface area (Å²) in [6.45, 7) is 0.738. The molecule has 2 rings (SSSR count). The molecule has 1 amide bonds. The van der Waals surface area contributed by atoms with Crippen molar-refractivity contribution in [3.05, 3.63) is 0 Å². The van der Waals surface area contributed by atoms with Crippen molar-refractivity contribution in [2.24, 2.45) is 17.8 Å². The van der Waals surface area contributed by atoms with Crippen molar-refractivity contribution in [1.82, 2.24) is 5.32 Å². The van der Waals surface area contributed by atoms with Crippen molar-refractivity contribution >= 4 is 11.9 Å². The summed E-state index contributed by atoms with van der Waals surface area (Å²) >= 11 is 0. The van der Waals surface area contributed by atoms with E-state index in [-0.39, 0.29) is 11.8 Å². The van der Waals surface area contributed by atoms with Crippen molar-refractivity contribution in [2.45, 2.75) is 44.9 Å². The Morgan fingerprint density at radius 3 is 2.29 bits per heavy atom. The maximum Gasteiger partial charge on any atom is 0.307 e. The molecule has 0 saturated heterocycles. The summed E-state index contributed by atoms with van der Waals surface area (Å²) < 4.78 is 0. The molecule has 4 heteroatoms. The van der Waals surface area contributed by atoms with Crippen molar-refractivity contribution in [1.29, 1.82) is 0 Å². The van der Waals surface area contributed by atoms with Gasteiger partial charge in [-0.05, 0) is 31.6 Å². The summed E-state index contributed by atoms with van der Waals surface area (Å²) in [5.41, 5.74) is 0. The van der Waals surface area contributed by atoms with Crippen LogP contribution < -0.4 is 5.32 Å². The van der Waals surface area contributed by atoms with Crippen LogP contribution in [0.15, 0.2) is 0 Å². The van der Waals surface area contributed by atoms with E-state index in [9.17, 15) is 9.59 Å². The highest BCUT2D eigenvalue weighted by atomic mass is 16.4. The van der Waals surface area contributed by atoms with Crippen molar-refractivity contribution in [3.63, 3.8) is 0 Å². The monoisotopic (exact) mass is 239 g/mol. The molecule has 0 aromatic carbocycles. The van der Waals surface area contributed by atoms with E-state index in [4.69, 9.17) is 5.11 Å². The smallest absolute Gasteiger partial charge is 0.307 e. The Kier molecular flexibility index (Phi) is 4.02. The molecule has 0 spiro atoms. The van der Waals surface area contributed by atoms with E-state index >= 15 is 0 Å². The molecule has 0 aromatic rings. The molecule has 96 valence electrons. The summed E-state index contributed by atoms with van der Waals surface area (Å²) in [5.74, 6) is -0.999. The van der Waals surface area contributed by atoms with Gasteiger partial charge in [-0.15, -0.1) is 0 Å². The lowest BCUT2D eigenvalue weighted by Crippen LogP contribution is -2.37. The Morgan fingerprint density at radius 1 is 1.00 bits per heavy atom. The summed E-state index contributed by atoms with van der Waals surface area (Å²) in [4.78, 5) is 22.9. The van der Waals surface area contributed by atoms with Gasteiger partial charge >= 0.3 is 5.97 Å². The van der Waals surface area contributed by atoms with Crippen LogP contribution in [0.25, 0.3) is 0 Å². The van der Waals surface area contributed by atoms with Gasteiger partial charge in [-0.25, -0.2) is 0 Å². The lowest BCUT2D eigenvalue weighted by molar-refractivity contribution is -0.146. The maximum atomic E-state index is 11.9. The standard InChI is InChI=1S/C13H21NO3/c15-12(14-8-9-4-1-2-5-9)10-6-3-7-11(10)13(16)17/h9-11H,1-8H2,(H,14,15)(H,16,17). The van der Waals surface area contributed by atoms with Gasteiger partial charge in [0.05, 0.1) is 11.8 Å². The summed E-state index contributed by atoms with van der Waals surface area (Å²) in [5, 5.41) is 12.0. The minimum atomic E-state index is -0.816. The third-order valence-electron chi connectivity index (χ3n) is 4.21. The molecule has 2 atom stereocenters.